The van der Waals surface area contributed by atoms with E-state index in [-0.39, 0.29) is 24.5 Å². The predicted molar refractivity (Wildman–Crippen MR) is 94.2 cm³/mol. The van der Waals surface area contributed by atoms with Crippen LogP contribution in [0.25, 0.3) is 0 Å². The Morgan fingerprint density at radius 3 is 2.83 bits per heavy atom. The van der Waals surface area contributed by atoms with Crippen LogP contribution in [0.1, 0.15) is 29.9 Å². The molecule has 1 aliphatic heterocycles. The molecular formula is C17H20N4O2S. The van der Waals surface area contributed by atoms with Gasteiger partial charge in [-0.3, -0.25) is 9.78 Å². The average molecular weight is 344 g/mol. The summed E-state index contributed by atoms with van der Waals surface area (Å²) in [5.74, 6) is -0.246. The third kappa shape index (κ3) is 3.12. The number of thiocarbonyl (C=S) groups is 1. The summed E-state index contributed by atoms with van der Waals surface area (Å²) in [7, 11) is 3.40. The minimum Gasteiger partial charge on any atom is -0.469 e. The van der Waals surface area contributed by atoms with E-state index >= 15 is 0 Å². The van der Waals surface area contributed by atoms with Crippen LogP contribution in [-0.4, -0.2) is 39.2 Å². The van der Waals surface area contributed by atoms with Crippen molar-refractivity contribution in [2.75, 3.05) is 13.7 Å². The lowest BCUT2D eigenvalue weighted by atomic mass is 10.0. The second kappa shape index (κ2) is 7.00. The Hall–Kier alpha value is -2.41. The number of nitrogens with zero attached hydrogens (tertiary/aromatic N) is 3. The molecule has 0 aliphatic carbocycles. The van der Waals surface area contributed by atoms with E-state index in [1.54, 1.807) is 6.20 Å². The van der Waals surface area contributed by atoms with E-state index in [0.29, 0.717) is 11.7 Å². The monoisotopic (exact) mass is 344 g/mol. The van der Waals surface area contributed by atoms with Gasteiger partial charge < -0.3 is 19.5 Å². The summed E-state index contributed by atoms with van der Waals surface area (Å²) in [4.78, 5) is 18.1. The molecule has 2 aromatic rings. The number of esters is 1. The van der Waals surface area contributed by atoms with E-state index in [0.717, 1.165) is 11.4 Å². The Balaban J connectivity index is 1.94. The highest BCUT2D eigenvalue weighted by atomic mass is 32.1. The van der Waals surface area contributed by atoms with Crippen molar-refractivity contribution in [3.8, 4) is 0 Å². The maximum absolute atomic E-state index is 11.6. The molecule has 0 unspecified atom stereocenters. The molecule has 1 fully saturated rings. The van der Waals surface area contributed by atoms with E-state index in [2.05, 4.69) is 20.9 Å². The summed E-state index contributed by atoms with van der Waals surface area (Å²) in [6.45, 7) is 0.498. The summed E-state index contributed by atoms with van der Waals surface area (Å²) >= 11 is 5.53. The van der Waals surface area contributed by atoms with Gasteiger partial charge in [0.05, 0.1) is 31.3 Å². The largest absolute Gasteiger partial charge is 0.469 e. The summed E-state index contributed by atoms with van der Waals surface area (Å²) in [5, 5.41) is 3.98. The number of carbonyl (C=O) groups excluding carboxylic acids is 1. The Labute approximate surface area is 146 Å². The molecule has 3 heterocycles. The van der Waals surface area contributed by atoms with Crippen molar-refractivity contribution in [3.63, 3.8) is 0 Å². The number of aromatic nitrogens is 2. The van der Waals surface area contributed by atoms with Gasteiger partial charge in [-0.2, -0.15) is 0 Å². The van der Waals surface area contributed by atoms with Crippen LogP contribution in [0.2, 0.25) is 0 Å². The number of nitrogens with one attached hydrogen (secondary N) is 1. The zero-order chi connectivity index (χ0) is 17.1. The number of pyridine rings is 1. The molecule has 6 nitrogen and oxygen atoms in total. The van der Waals surface area contributed by atoms with Crippen LogP contribution in [0.15, 0.2) is 42.7 Å². The second-order valence-electron chi connectivity index (χ2n) is 5.69. The van der Waals surface area contributed by atoms with Crippen molar-refractivity contribution >= 4 is 23.3 Å². The lowest BCUT2D eigenvalue weighted by molar-refractivity contribution is -0.140. The molecular weight excluding hydrogens is 324 g/mol. The van der Waals surface area contributed by atoms with Gasteiger partial charge in [-0.25, -0.2) is 0 Å². The molecule has 0 spiro atoms. The third-order valence-electron chi connectivity index (χ3n) is 4.27. The second-order valence-corrected chi connectivity index (χ2v) is 6.08. The lowest BCUT2D eigenvalue weighted by Gasteiger charge is -2.27. The van der Waals surface area contributed by atoms with Gasteiger partial charge in [0.15, 0.2) is 5.11 Å². The van der Waals surface area contributed by atoms with Gasteiger partial charge in [0, 0.05) is 31.7 Å². The van der Waals surface area contributed by atoms with E-state index in [4.69, 9.17) is 17.0 Å². The van der Waals surface area contributed by atoms with E-state index in [9.17, 15) is 4.79 Å². The predicted octanol–water partition coefficient (Wildman–Crippen LogP) is 1.96. The molecule has 3 rings (SSSR count). The van der Waals surface area contributed by atoms with Gasteiger partial charge in [-0.15, -0.1) is 0 Å². The van der Waals surface area contributed by atoms with Gasteiger partial charge in [0.25, 0.3) is 0 Å². The third-order valence-corrected chi connectivity index (χ3v) is 4.62. The summed E-state index contributed by atoms with van der Waals surface area (Å²) in [5.41, 5.74) is 2.04. The molecule has 0 aromatic carbocycles. The van der Waals surface area contributed by atoms with E-state index in [1.165, 1.54) is 7.11 Å². The number of hydrogen-bond acceptors (Lipinski definition) is 4. The minimum atomic E-state index is -0.246. The van der Waals surface area contributed by atoms with Gasteiger partial charge in [-0.05, 0) is 36.5 Å². The topological polar surface area (TPSA) is 59.4 Å². The van der Waals surface area contributed by atoms with Crippen molar-refractivity contribution in [2.24, 2.45) is 7.05 Å². The summed E-state index contributed by atoms with van der Waals surface area (Å²) < 4.78 is 6.83. The number of hydrogen-bond donors (Lipinski definition) is 1. The van der Waals surface area contributed by atoms with Gasteiger partial charge in [-0.1, -0.05) is 6.07 Å². The van der Waals surface area contributed by atoms with Crippen LogP contribution in [-0.2, 0) is 16.6 Å². The maximum Gasteiger partial charge on any atom is 0.307 e. The first-order valence-corrected chi connectivity index (χ1v) is 8.18. The number of ether oxygens (including phenoxy) is 1. The highest BCUT2D eigenvalue weighted by molar-refractivity contribution is 7.80. The Morgan fingerprint density at radius 2 is 2.21 bits per heavy atom. The van der Waals surface area contributed by atoms with Gasteiger partial charge in [0.2, 0.25) is 0 Å². The normalized spacial score (nSPS) is 20.1. The Morgan fingerprint density at radius 1 is 1.38 bits per heavy atom. The lowest BCUT2D eigenvalue weighted by Crippen LogP contribution is -2.32. The first-order valence-electron chi connectivity index (χ1n) is 7.78. The van der Waals surface area contributed by atoms with Crippen molar-refractivity contribution < 1.29 is 9.53 Å². The minimum absolute atomic E-state index is 0.0305. The fourth-order valence-electron chi connectivity index (χ4n) is 3.06. The SMILES string of the molecule is COC(=O)CCN1C(=S)N[C@@H](c2ccccn2)[C@H]1c1cccn1C. The van der Waals surface area contributed by atoms with Crippen LogP contribution < -0.4 is 5.32 Å². The van der Waals surface area contributed by atoms with Gasteiger partial charge >= 0.3 is 5.97 Å². The van der Waals surface area contributed by atoms with Crippen molar-refractivity contribution in [1.29, 1.82) is 0 Å². The Bertz CT molecular complexity index is 731. The molecule has 0 bridgehead atoms. The van der Waals surface area contributed by atoms with Crippen LogP contribution in [0.3, 0.4) is 0 Å². The number of methoxy groups -OCH3 is 1. The number of rotatable bonds is 5. The molecule has 1 aliphatic rings. The zero-order valence-corrected chi connectivity index (χ0v) is 14.5. The molecule has 0 amide bonds. The first-order chi connectivity index (χ1) is 11.6. The van der Waals surface area contributed by atoms with Crippen LogP contribution in [0.5, 0.6) is 0 Å². The highest BCUT2D eigenvalue weighted by Crippen LogP contribution is 2.38. The fraction of sp³-hybridized carbons (Fsp3) is 0.353. The first kappa shape index (κ1) is 16.4. The molecule has 7 heteroatoms. The molecule has 0 saturated carbocycles. The van der Waals surface area contributed by atoms with Crippen molar-refractivity contribution in [1.82, 2.24) is 19.8 Å². The van der Waals surface area contributed by atoms with Crippen molar-refractivity contribution in [2.45, 2.75) is 18.5 Å². The molecule has 2 atom stereocenters. The van der Waals surface area contributed by atoms with Crippen LogP contribution in [0, 0.1) is 0 Å². The maximum atomic E-state index is 11.6. The zero-order valence-electron chi connectivity index (χ0n) is 13.7. The van der Waals surface area contributed by atoms with Crippen molar-refractivity contribution in [3.05, 3.63) is 54.1 Å². The van der Waals surface area contributed by atoms with Gasteiger partial charge in [0.1, 0.15) is 0 Å². The summed E-state index contributed by atoms with van der Waals surface area (Å²) in [6.07, 6.45) is 4.07. The summed E-state index contributed by atoms with van der Waals surface area (Å²) in [6, 6.07) is 9.82. The molecule has 126 valence electrons. The standard InChI is InChI=1S/C17H20N4O2S/c1-20-10-5-7-13(20)16-15(12-6-3-4-9-18-12)19-17(24)21(16)11-8-14(22)23-2/h3-7,9-10,15-16H,8,11H2,1-2H3,(H,19,24)/t15-,16+/m0/s1. The number of aryl methyl sites for hydroxylation is 1. The van der Waals surface area contributed by atoms with E-state index in [1.807, 2.05) is 42.4 Å². The van der Waals surface area contributed by atoms with Crippen LogP contribution >= 0.6 is 12.2 Å². The van der Waals surface area contributed by atoms with Crippen LogP contribution in [0.4, 0.5) is 0 Å². The molecule has 2 aromatic heterocycles. The molecule has 0 radical (unpaired) electrons. The van der Waals surface area contributed by atoms with E-state index < -0.39 is 0 Å². The fourth-order valence-corrected chi connectivity index (χ4v) is 3.40. The smallest absolute Gasteiger partial charge is 0.307 e. The molecule has 24 heavy (non-hydrogen) atoms. The Kier molecular flexibility index (Phi) is 4.80. The molecule has 1 saturated heterocycles. The molecule has 1 N–H and O–H groups in total. The quantitative estimate of drug-likeness (QED) is 0.661. The number of carbonyl (C=O) groups is 1. The average Bonchev–Trinajstić information content (AvgIpc) is 3.16. The highest BCUT2D eigenvalue weighted by Gasteiger charge is 2.40.